The second-order valence-electron chi connectivity index (χ2n) is 11.9. The number of nitrogens with zero attached hydrogens (tertiary/aromatic N) is 1. The quantitative estimate of drug-likeness (QED) is 0.0534. The Labute approximate surface area is 294 Å². The fourth-order valence-corrected chi connectivity index (χ4v) is 5.28. The molecule has 3 rings (SSSR count). The Kier molecular flexibility index (Phi) is 17.9. The number of benzene rings is 2. The zero-order valence-corrected chi connectivity index (χ0v) is 28.6. The van der Waals surface area contributed by atoms with Gasteiger partial charge in [0.05, 0.1) is 43.0 Å². The fourth-order valence-electron chi connectivity index (χ4n) is 5.28. The summed E-state index contributed by atoms with van der Waals surface area (Å²) in [5.41, 5.74) is 0.393. The third-order valence-corrected chi connectivity index (χ3v) is 8.11. The summed E-state index contributed by atoms with van der Waals surface area (Å²) in [5.74, 6) is -1.21. The standard InChI is InChI=1S/C39H47NO10/c1-3-36(41)47-25-11-7-5-9-23-45-32-17-13-29(14-18-32)38(43)49-34-21-22-35(31(27-34)28-40)50-39(44)30-15-19-33(20-16-30)46-24-10-6-8-12-26-48-37(42)4-2/h3-4,13-14,17-18,21-22,27,30,33H,1-2,5-12,15-16,19-20,23-26H2. The van der Waals surface area contributed by atoms with Gasteiger partial charge >= 0.3 is 23.9 Å². The van der Waals surface area contributed by atoms with Gasteiger partial charge in [-0.05, 0) is 107 Å². The number of rotatable bonds is 22. The summed E-state index contributed by atoms with van der Waals surface area (Å²) in [6.07, 6.45) is 12.3. The number of hydrogen-bond donors (Lipinski definition) is 0. The van der Waals surface area contributed by atoms with Crippen molar-refractivity contribution >= 4 is 23.9 Å². The highest BCUT2D eigenvalue weighted by Crippen LogP contribution is 2.30. The molecule has 0 atom stereocenters. The average Bonchev–Trinajstić information content (AvgIpc) is 3.14. The van der Waals surface area contributed by atoms with Gasteiger partial charge in [0.25, 0.3) is 0 Å². The van der Waals surface area contributed by atoms with E-state index >= 15 is 0 Å². The molecule has 0 spiro atoms. The maximum absolute atomic E-state index is 12.9. The summed E-state index contributed by atoms with van der Waals surface area (Å²) in [6, 6.07) is 12.9. The molecule has 50 heavy (non-hydrogen) atoms. The molecule has 1 aliphatic rings. The van der Waals surface area contributed by atoms with E-state index in [1.54, 1.807) is 24.3 Å². The van der Waals surface area contributed by atoms with Crippen LogP contribution in [0.2, 0.25) is 0 Å². The largest absolute Gasteiger partial charge is 0.494 e. The van der Waals surface area contributed by atoms with Crippen molar-refractivity contribution in [3.8, 4) is 23.3 Å². The Morgan fingerprint density at radius 3 is 1.84 bits per heavy atom. The molecule has 268 valence electrons. The second kappa shape index (κ2) is 22.6. The topological polar surface area (TPSA) is 147 Å². The Bertz CT molecular complexity index is 1450. The molecule has 0 saturated heterocycles. The lowest BCUT2D eigenvalue weighted by molar-refractivity contribution is -0.141. The highest BCUT2D eigenvalue weighted by atomic mass is 16.5. The molecule has 0 aromatic heterocycles. The Balaban J connectivity index is 1.34. The van der Waals surface area contributed by atoms with E-state index in [2.05, 4.69) is 13.2 Å². The van der Waals surface area contributed by atoms with Gasteiger partial charge in [-0.25, -0.2) is 14.4 Å². The van der Waals surface area contributed by atoms with Crippen LogP contribution in [0.3, 0.4) is 0 Å². The Morgan fingerprint density at radius 2 is 1.26 bits per heavy atom. The molecule has 0 N–H and O–H groups in total. The summed E-state index contributed by atoms with van der Waals surface area (Å²) >= 11 is 0. The summed E-state index contributed by atoms with van der Waals surface area (Å²) in [6.45, 7) is 8.66. The van der Waals surface area contributed by atoms with Crippen LogP contribution in [0.5, 0.6) is 17.2 Å². The molecule has 2 aromatic carbocycles. The fraction of sp³-hybridized carbons (Fsp3) is 0.462. The molecule has 0 amide bonds. The van der Waals surface area contributed by atoms with Gasteiger partial charge in [-0.3, -0.25) is 4.79 Å². The van der Waals surface area contributed by atoms with E-state index < -0.39 is 23.9 Å². The van der Waals surface area contributed by atoms with Crippen LogP contribution in [0.15, 0.2) is 67.8 Å². The lowest BCUT2D eigenvalue weighted by Crippen LogP contribution is -2.29. The summed E-state index contributed by atoms with van der Waals surface area (Å²) in [4.78, 5) is 47.7. The third kappa shape index (κ3) is 14.7. The van der Waals surface area contributed by atoms with Crippen molar-refractivity contribution in [2.24, 2.45) is 5.92 Å². The molecule has 0 bridgehead atoms. The maximum atomic E-state index is 12.9. The second-order valence-corrected chi connectivity index (χ2v) is 11.9. The minimum absolute atomic E-state index is 0.0843. The van der Waals surface area contributed by atoms with Crippen LogP contribution >= 0.6 is 0 Å². The Morgan fingerprint density at radius 1 is 0.700 bits per heavy atom. The minimum Gasteiger partial charge on any atom is -0.494 e. The molecular weight excluding hydrogens is 642 g/mol. The van der Waals surface area contributed by atoms with E-state index in [9.17, 15) is 24.4 Å². The predicted octanol–water partition coefficient (Wildman–Crippen LogP) is 7.22. The third-order valence-electron chi connectivity index (χ3n) is 8.11. The first kappa shape index (κ1) is 39.5. The van der Waals surface area contributed by atoms with E-state index in [-0.39, 0.29) is 29.1 Å². The van der Waals surface area contributed by atoms with Gasteiger partial charge in [0.15, 0.2) is 0 Å². The van der Waals surface area contributed by atoms with Crippen molar-refractivity contribution < 1.29 is 47.6 Å². The normalized spacial score (nSPS) is 15.2. The van der Waals surface area contributed by atoms with Gasteiger partial charge in [-0.1, -0.05) is 19.6 Å². The smallest absolute Gasteiger partial charge is 0.343 e. The van der Waals surface area contributed by atoms with E-state index in [4.69, 9.17) is 28.4 Å². The van der Waals surface area contributed by atoms with E-state index in [0.29, 0.717) is 50.6 Å². The van der Waals surface area contributed by atoms with Crippen molar-refractivity contribution in [1.29, 1.82) is 5.26 Å². The molecule has 0 radical (unpaired) electrons. The number of carbonyl (C=O) groups is 4. The van der Waals surface area contributed by atoms with Crippen molar-refractivity contribution in [3.63, 3.8) is 0 Å². The molecule has 0 aliphatic heterocycles. The number of ether oxygens (including phenoxy) is 6. The van der Waals surface area contributed by atoms with Crippen LogP contribution < -0.4 is 14.2 Å². The first-order chi connectivity index (χ1) is 24.3. The van der Waals surface area contributed by atoms with Crippen LogP contribution in [0, 0.1) is 17.2 Å². The molecule has 0 heterocycles. The zero-order chi connectivity index (χ0) is 36.0. The van der Waals surface area contributed by atoms with Gasteiger partial charge in [0.1, 0.15) is 23.3 Å². The monoisotopic (exact) mass is 689 g/mol. The lowest BCUT2D eigenvalue weighted by atomic mass is 9.87. The van der Waals surface area contributed by atoms with Crippen LogP contribution in [0.25, 0.3) is 0 Å². The molecule has 1 saturated carbocycles. The zero-order valence-electron chi connectivity index (χ0n) is 28.6. The van der Waals surface area contributed by atoms with E-state index in [0.717, 1.165) is 76.4 Å². The first-order valence-electron chi connectivity index (χ1n) is 17.2. The number of carbonyl (C=O) groups excluding carboxylic acids is 4. The summed E-state index contributed by atoms with van der Waals surface area (Å²) in [7, 11) is 0. The number of hydrogen-bond acceptors (Lipinski definition) is 11. The number of esters is 4. The van der Waals surface area contributed by atoms with Crippen LogP contribution in [-0.2, 0) is 28.6 Å². The summed E-state index contributed by atoms with van der Waals surface area (Å²) in [5, 5.41) is 9.69. The number of unbranched alkanes of at least 4 members (excludes halogenated alkanes) is 6. The number of nitriles is 1. The molecule has 11 nitrogen and oxygen atoms in total. The lowest BCUT2D eigenvalue weighted by Gasteiger charge is -2.27. The molecule has 1 fully saturated rings. The SMILES string of the molecule is C=CC(=O)OCCCCCCOc1ccc(C(=O)Oc2ccc(OC(=O)C3CCC(OCCCCCCOC(=O)C=C)CC3)c(C#N)c2)cc1. The van der Waals surface area contributed by atoms with Crippen LogP contribution in [-0.4, -0.2) is 56.4 Å². The van der Waals surface area contributed by atoms with Crippen molar-refractivity contribution in [3.05, 3.63) is 78.9 Å². The molecule has 11 heteroatoms. The molecule has 1 aliphatic carbocycles. The van der Waals surface area contributed by atoms with Gasteiger partial charge in [0, 0.05) is 24.8 Å². The molecule has 0 unspecified atom stereocenters. The first-order valence-corrected chi connectivity index (χ1v) is 17.2. The molecule has 2 aromatic rings. The van der Waals surface area contributed by atoms with Gasteiger partial charge in [-0.15, -0.1) is 0 Å². The maximum Gasteiger partial charge on any atom is 0.343 e. The predicted molar refractivity (Wildman–Crippen MR) is 185 cm³/mol. The Hall–Kier alpha value is -4.95. The van der Waals surface area contributed by atoms with Gasteiger partial charge < -0.3 is 28.4 Å². The van der Waals surface area contributed by atoms with Gasteiger partial charge in [-0.2, -0.15) is 5.26 Å². The highest BCUT2D eigenvalue weighted by Gasteiger charge is 2.28. The summed E-state index contributed by atoms with van der Waals surface area (Å²) < 4.78 is 32.7. The van der Waals surface area contributed by atoms with Crippen molar-refractivity contribution in [2.45, 2.75) is 83.2 Å². The van der Waals surface area contributed by atoms with E-state index in [1.807, 2.05) is 6.07 Å². The van der Waals surface area contributed by atoms with E-state index in [1.165, 1.54) is 18.2 Å². The van der Waals surface area contributed by atoms with Crippen LogP contribution in [0.1, 0.15) is 93.0 Å². The highest BCUT2D eigenvalue weighted by molar-refractivity contribution is 5.91. The van der Waals surface area contributed by atoms with Crippen molar-refractivity contribution in [2.75, 3.05) is 26.4 Å². The minimum atomic E-state index is -0.604. The van der Waals surface area contributed by atoms with Gasteiger partial charge in [0.2, 0.25) is 0 Å². The average molecular weight is 690 g/mol. The molecular formula is C39H47NO10. The van der Waals surface area contributed by atoms with Crippen molar-refractivity contribution in [1.82, 2.24) is 0 Å². The van der Waals surface area contributed by atoms with Crippen LogP contribution in [0.4, 0.5) is 0 Å².